The lowest BCUT2D eigenvalue weighted by molar-refractivity contribution is -0.130. The van der Waals surface area contributed by atoms with Crippen LogP contribution in [0.2, 0.25) is 0 Å². The monoisotopic (exact) mass is 351 g/mol. The molecule has 0 aliphatic carbocycles. The molecule has 140 valence electrons. The van der Waals surface area contributed by atoms with Crippen LogP contribution in [-0.4, -0.2) is 87.1 Å². The number of carbonyl (C=O) groups is 1. The number of aliphatic hydroxyl groups excluding tert-OH is 1. The van der Waals surface area contributed by atoms with Crippen molar-refractivity contribution in [3.8, 4) is 0 Å². The first-order valence-electron chi connectivity index (χ1n) is 9.14. The van der Waals surface area contributed by atoms with Crippen LogP contribution in [0, 0.1) is 11.8 Å². The van der Waals surface area contributed by atoms with E-state index in [2.05, 4.69) is 28.8 Å². The van der Waals surface area contributed by atoms with Gasteiger partial charge in [0.15, 0.2) is 0 Å². The fourth-order valence-corrected chi connectivity index (χ4v) is 4.04. The first-order valence-corrected chi connectivity index (χ1v) is 9.14. The van der Waals surface area contributed by atoms with E-state index < -0.39 is 0 Å². The zero-order valence-electron chi connectivity index (χ0n) is 15.1. The number of carbonyl (C=O) groups excluding carboxylic acids is 1. The van der Waals surface area contributed by atoms with Gasteiger partial charge >= 0.3 is 0 Å². The van der Waals surface area contributed by atoms with Gasteiger partial charge in [0.25, 0.3) is 0 Å². The average molecular weight is 351 g/mol. The highest BCUT2D eigenvalue weighted by atomic mass is 16.5. The normalized spacial score (nSPS) is 30.8. The van der Waals surface area contributed by atoms with Gasteiger partial charge in [0.1, 0.15) is 12.7 Å². The predicted octanol–water partition coefficient (Wildman–Crippen LogP) is -0.156. The van der Waals surface area contributed by atoms with Gasteiger partial charge in [-0.3, -0.25) is 14.4 Å². The molecular weight excluding hydrogens is 322 g/mol. The second-order valence-electron chi connectivity index (χ2n) is 7.39. The molecule has 3 rings (SSSR count). The number of amides is 1. The number of rotatable bonds is 6. The Bertz CT molecular complexity index is 542. The van der Waals surface area contributed by atoms with E-state index in [4.69, 9.17) is 4.74 Å². The molecule has 0 saturated carbocycles. The molecule has 2 aliphatic rings. The van der Waals surface area contributed by atoms with Crippen molar-refractivity contribution < 1.29 is 14.6 Å². The maximum Gasteiger partial charge on any atom is 0.224 e. The van der Waals surface area contributed by atoms with Crippen molar-refractivity contribution in [3.05, 3.63) is 12.7 Å². The highest BCUT2D eigenvalue weighted by Gasteiger charge is 2.36. The first kappa shape index (κ1) is 18.3. The van der Waals surface area contributed by atoms with E-state index in [1.165, 1.54) is 6.33 Å². The van der Waals surface area contributed by atoms with Crippen LogP contribution >= 0.6 is 0 Å². The van der Waals surface area contributed by atoms with Crippen LogP contribution in [0.1, 0.15) is 20.3 Å². The molecule has 2 aliphatic heterocycles. The van der Waals surface area contributed by atoms with Crippen molar-refractivity contribution in [2.24, 2.45) is 11.8 Å². The van der Waals surface area contributed by atoms with E-state index in [0.29, 0.717) is 25.4 Å². The molecule has 8 nitrogen and oxygen atoms in total. The summed E-state index contributed by atoms with van der Waals surface area (Å²) in [5.41, 5.74) is 0. The molecule has 25 heavy (non-hydrogen) atoms. The minimum absolute atomic E-state index is 0.125. The summed E-state index contributed by atoms with van der Waals surface area (Å²) in [5, 5.41) is 13.8. The Kier molecular flexibility index (Phi) is 6.03. The minimum Gasteiger partial charge on any atom is -0.396 e. The molecule has 8 heteroatoms. The van der Waals surface area contributed by atoms with Crippen molar-refractivity contribution >= 4 is 5.91 Å². The van der Waals surface area contributed by atoms with E-state index in [1.807, 2.05) is 4.90 Å². The predicted molar refractivity (Wildman–Crippen MR) is 91.7 cm³/mol. The minimum atomic E-state index is 0.125. The molecule has 2 saturated heterocycles. The quantitative estimate of drug-likeness (QED) is 0.767. The Morgan fingerprint density at radius 3 is 2.56 bits per heavy atom. The van der Waals surface area contributed by atoms with Crippen LogP contribution in [0.5, 0.6) is 0 Å². The van der Waals surface area contributed by atoms with E-state index in [-0.39, 0.29) is 30.6 Å². The molecule has 1 N–H and O–H groups in total. The molecular formula is C17H29N5O3. The molecule has 3 heterocycles. The van der Waals surface area contributed by atoms with Gasteiger partial charge in [0, 0.05) is 51.7 Å². The molecule has 0 bridgehead atoms. The molecule has 4 atom stereocenters. The molecule has 2 fully saturated rings. The number of hydrogen-bond donors (Lipinski definition) is 1. The number of nitrogens with zero attached hydrogens (tertiary/aromatic N) is 5. The number of aromatic nitrogens is 3. The van der Waals surface area contributed by atoms with Gasteiger partial charge in [-0.1, -0.05) is 0 Å². The number of aryl methyl sites for hydroxylation is 1. The summed E-state index contributed by atoms with van der Waals surface area (Å²) in [6.45, 7) is 8.99. The zero-order valence-corrected chi connectivity index (χ0v) is 15.1. The van der Waals surface area contributed by atoms with Crippen LogP contribution in [0.15, 0.2) is 12.7 Å². The Morgan fingerprint density at radius 1 is 1.20 bits per heavy atom. The summed E-state index contributed by atoms with van der Waals surface area (Å²) >= 11 is 0. The Hall–Kier alpha value is -1.51. The third-order valence-electron chi connectivity index (χ3n) is 5.17. The third-order valence-corrected chi connectivity index (χ3v) is 5.17. The summed E-state index contributed by atoms with van der Waals surface area (Å²) in [6.07, 6.45) is 3.98. The Balaban J connectivity index is 1.51. The fraction of sp³-hybridized carbons (Fsp3) is 0.824. The van der Waals surface area contributed by atoms with Crippen LogP contribution in [0.3, 0.4) is 0 Å². The van der Waals surface area contributed by atoms with E-state index in [0.717, 1.165) is 26.2 Å². The summed E-state index contributed by atoms with van der Waals surface area (Å²) in [5.74, 6) is 0.599. The summed E-state index contributed by atoms with van der Waals surface area (Å²) in [7, 11) is 0. The van der Waals surface area contributed by atoms with Crippen molar-refractivity contribution in [1.29, 1.82) is 0 Å². The molecule has 0 radical (unpaired) electrons. The van der Waals surface area contributed by atoms with Gasteiger partial charge < -0.3 is 14.7 Å². The lowest BCUT2D eigenvalue weighted by atomic mass is 9.96. The van der Waals surface area contributed by atoms with Gasteiger partial charge in [-0.05, 0) is 19.8 Å². The first-order chi connectivity index (χ1) is 12.0. The second-order valence-corrected chi connectivity index (χ2v) is 7.39. The van der Waals surface area contributed by atoms with Gasteiger partial charge in [-0.25, -0.2) is 4.98 Å². The summed E-state index contributed by atoms with van der Waals surface area (Å²) in [4.78, 5) is 20.7. The number of morpholine rings is 1. The van der Waals surface area contributed by atoms with Gasteiger partial charge in [-0.15, -0.1) is 0 Å². The summed E-state index contributed by atoms with van der Waals surface area (Å²) < 4.78 is 7.46. The number of likely N-dealkylation sites (tertiary alicyclic amines) is 1. The average Bonchev–Trinajstić information content (AvgIpc) is 3.21. The smallest absolute Gasteiger partial charge is 0.224 e. The standard InChI is InChI=1S/C17H29N5O3/c1-13-5-20(6-14(2)25-13)7-15-8-21(9-16(15)10-23)17(24)3-4-22-12-18-11-19-22/h11-16,23H,3-10H2,1-2H3/t13-,14+,15-,16-/m1/s1. The molecule has 1 amide bonds. The number of ether oxygens (including phenoxy) is 1. The van der Waals surface area contributed by atoms with Crippen LogP contribution in [0.25, 0.3) is 0 Å². The Labute approximate surface area is 148 Å². The maximum absolute atomic E-state index is 12.5. The third kappa shape index (κ3) is 4.77. The molecule has 1 aromatic heterocycles. The lowest BCUT2D eigenvalue weighted by Gasteiger charge is -2.37. The van der Waals surface area contributed by atoms with E-state index in [1.54, 1.807) is 11.0 Å². The van der Waals surface area contributed by atoms with Gasteiger partial charge in [-0.2, -0.15) is 5.10 Å². The SMILES string of the molecule is C[C@@H]1CN(C[C@@H]2CN(C(=O)CCn3cncn3)C[C@@H]2CO)C[C@H](C)O1. The van der Waals surface area contributed by atoms with Crippen molar-refractivity contribution in [2.75, 3.05) is 39.3 Å². The fourth-order valence-electron chi connectivity index (χ4n) is 4.04. The van der Waals surface area contributed by atoms with Crippen molar-refractivity contribution in [3.63, 3.8) is 0 Å². The second kappa shape index (κ2) is 8.25. The van der Waals surface area contributed by atoms with Crippen LogP contribution in [0.4, 0.5) is 0 Å². The topological polar surface area (TPSA) is 83.7 Å². The number of hydrogen-bond acceptors (Lipinski definition) is 6. The highest BCUT2D eigenvalue weighted by molar-refractivity contribution is 5.76. The lowest BCUT2D eigenvalue weighted by Crippen LogP contribution is -2.48. The van der Waals surface area contributed by atoms with E-state index >= 15 is 0 Å². The van der Waals surface area contributed by atoms with Crippen molar-refractivity contribution in [2.45, 2.75) is 39.0 Å². The van der Waals surface area contributed by atoms with Gasteiger partial charge in [0.2, 0.25) is 5.91 Å². The molecule has 0 aromatic carbocycles. The molecule has 0 unspecified atom stereocenters. The van der Waals surface area contributed by atoms with Crippen LogP contribution < -0.4 is 0 Å². The molecule has 1 aromatic rings. The Morgan fingerprint density at radius 2 is 1.92 bits per heavy atom. The summed E-state index contributed by atoms with van der Waals surface area (Å²) in [6, 6.07) is 0. The highest BCUT2D eigenvalue weighted by Crippen LogP contribution is 2.26. The number of aliphatic hydroxyl groups is 1. The zero-order chi connectivity index (χ0) is 17.8. The molecule has 0 spiro atoms. The maximum atomic E-state index is 12.5. The van der Waals surface area contributed by atoms with E-state index in [9.17, 15) is 9.90 Å². The van der Waals surface area contributed by atoms with Crippen LogP contribution in [-0.2, 0) is 16.1 Å². The van der Waals surface area contributed by atoms with Crippen molar-refractivity contribution in [1.82, 2.24) is 24.6 Å². The van der Waals surface area contributed by atoms with Gasteiger partial charge in [0.05, 0.1) is 18.8 Å². The largest absolute Gasteiger partial charge is 0.396 e.